The van der Waals surface area contributed by atoms with Crippen LogP contribution >= 0.6 is 57.6 Å². The van der Waals surface area contributed by atoms with E-state index in [1.54, 1.807) is 66.7 Å². The Hall–Kier alpha value is -3.93. The Morgan fingerprint density at radius 1 is 0.884 bits per heavy atom. The quantitative estimate of drug-likeness (QED) is 0.103. The highest BCUT2D eigenvalue weighted by atomic mass is 35.5. The second kappa shape index (κ2) is 14.5. The summed E-state index contributed by atoms with van der Waals surface area (Å²) in [6.45, 7) is 0. The molecule has 3 N–H and O–H groups in total. The van der Waals surface area contributed by atoms with E-state index in [0.29, 0.717) is 32.1 Å². The smallest absolute Gasteiger partial charge is 0.272 e. The fourth-order valence-corrected chi connectivity index (χ4v) is 6.42. The third kappa shape index (κ3) is 8.56. The van der Waals surface area contributed by atoms with Gasteiger partial charge in [0.25, 0.3) is 11.8 Å². The molecule has 0 aliphatic heterocycles. The highest BCUT2D eigenvalue weighted by Gasteiger charge is 2.16. The summed E-state index contributed by atoms with van der Waals surface area (Å²) in [6, 6.07) is 24.7. The van der Waals surface area contributed by atoms with Gasteiger partial charge in [0.05, 0.1) is 16.5 Å². The summed E-state index contributed by atoms with van der Waals surface area (Å²) in [5.41, 5.74) is 2.43. The first-order valence-corrected chi connectivity index (χ1v) is 16.2. The number of thioether (sulfide) groups is 1. The number of amides is 3. The zero-order valence-electron chi connectivity index (χ0n) is 22.2. The van der Waals surface area contributed by atoms with Crippen LogP contribution < -0.4 is 16.0 Å². The van der Waals surface area contributed by atoms with Gasteiger partial charge in [-0.05, 0) is 66.1 Å². The maximum atomic E-state index is 13.2. The van der Waals surface area contributed by atoms with E-state index >= 15 is 0 Å². The molecule has 12 heteroatoms. The maximum absolute atomic E-state index is 13.2. The number of halogens is 2. The lowest BCUT2D eigenvalue weighted by atomic mass is 10.2. The fourth-order valence-electron chi connectivity index (χ4n) is 3.78. The summed E-state index contributed by atoms with van der Waals surface area (Å²) in [6.07, 6.45) is 1.63. The molecule has 2 heterocycles. The molecule has 0 bridgehead atoms. The number of carbonyl (C=O) groups is 3. The van der Waals surface area contributed by atoms with Gasteiger partial charge in [-0.15, -0.1) is 34.4 Å². The molecule has 5 rings (SSSR count). The van der Waals surface area contributed by atoms with E-state index in [4.69, 9.17) is 23.2 Å². The van der Waals surface area contributed by atoms with Gasteiger partial charge in [0.2, 0.25) is 5.91 Å². The number of carbonyl (C=O) groups excluding carboxylic acids is 3. The van der Waals surface area contributed by atoms with E-state index in [1.807, 2.05) is 35.0 Å². The van der Waals surface area contributed by atoms with Gasteiger partial charge < -0.3 is 16.0 Å². The second-order valence-corrected chi connectivity index (χ2v) is 12.6. The predicted molar refractivity (Wildman–Crippen MR) is 178 cm³/mol. The molecule has 0 unspecified atom stereocenters. The number of thiazole rings is 1. The molecule has 0 aliphatic rings. The number of benzene rings is 3. The van der Waals surface area contributed by atoms with Crippen LogP contribution in [0.4, 0.5) is 10.8 Å². The Bertz CT molecular complexity index is 1790. The number of nitrogens with one attached hydrogen (secondary N) is 3. The Morgan fingerprint density at radius 2 is 1.72 bits per heavy atom. The van der Waals surface area contributed by atoms with Gasteiger partial charge in [-0.3, -0.25) is 14.4 Å². The summed E-state index contributed by atoms with van der Waals surface area (Å²) < 4.78 is 0. The highest BCUT2D eigenvalue weighted by Crippen LogP contribution is 2.32. The molecule has 216 valence electrons. The maximum Gasteiger partial charge on any atom is 0.272 e. The lowest BCUT2D eigenvalue weighted by Gasteiger charge is -2.12. The van der Waals surface area contributed by atoms with Crippen LogP contribution in [-0.2, 0) is 9.59 Å². The van der Waals surface area contributed by atoms with E-state index in [2.05, 4.69) is 20.9 Å². The topological polar surface area (TPSA) is 100 Å². The number of rotatable bonds is 10. The summed E-state index contributed by atoms with van der Waals surface area (Å²) in [7, 11) is 0. The molecule has 0 saturated heterocycles. The largest absolute Gasteiger partial charge is 0.321 e. The molecular formula is C31H22Cl2N4O3S3. The Morgan fingerprint density at radius 3 is 2.49 bits per heavy atom. The zero-order chi connectivity index (χ0) is 30.2. The monoisotopic (exact) mass is 664 g/mol. The molecule has 3 aromatic carbocycles. The van der Waals surface area contributed by atoms with Crippen molar-refractivity contribution < 1.29 is 14.4 Å². The molecule has 0 atom stereocenters. The van der Waals surface area contributed by atoms with E-state index in [9.17, 15) is 14.4 Å². The molecule has 7 nitrogen and oxygen atoms in total. The third-order valence-corrected chi connectivity index (χ3v) is 8.90. The SMILES string of the molecule is O=C(CSc1cccc(NC(=O)/C(=C/c2cccs2)NC(=O)c2ccccc2)c1)Nc1nc(-c2ccc(Cl)cc2Cl)cs1. The van der Waals surface area contributed by atoms with Crippen LogP contribution in [-0.4, -0.2) is 28.5 Å². The molecule has 5 aromatic rings. The minimum Gasteiger partial charge on any atom is -0.321 e. The van der Waals surface area contributed by atoms with Crippen LogP contribution in [0.5, 0.6) is 0 Å². The first kappa shape index (κ1) is 30.5. The first-order valence-electron chi connectivity index (χ1n) is 12.7. The van der Waals surface area contributed by atoms with Crippen molar-refractivity contribution in [1.29, 1.82) is 0 Å². The van der Waals surface area contributed by atoms with Gasteiger partial charge in [-0.25, -0.2) is 4.98 Å². The van der Waals surface area contributed by atoms with Gasteiger partial charge >= 0.3 is 0 Å². The van der Waals surface area contributed by atoms with Crippen molar-refractivity contribution >= 4 is 92.3 Å². The molecule has 0 fully saturated rings. The summed E-state index contributed by atoms with van der Waals surface area (Å²) in [4.78, 5) is 44.7. The fraction of sp³-hybridized carbons (Fsp3) is 0.0323. The van der Waals surface area contributed by atoms with Gasteiger partial charge in [-0.1, -0.05) is 53.5 Å². The number of hydrogen-bond donors (Lipinski definition) is 3. The predicted octanol–water partition coefficient (Wildman–Crippen LogP) is 8.32. The second-order valence-electron chi connectivity index (χ2n) is 8.87. The third-order valence-electron chi connectivity index (χ3n) is 5.78. The number of thiophene rings is 1. The van der Waals surface area contributed by atoms with Gasteiger partial charge in [0.15, 0.2) is 5.13 Å². The average Bonchev–Trinajstić information content (AvgIpc) is 3.69. The summed E-state index contributed by atoms with van der Waals surface area (Å²) >= 11 is 16.3. The van der Waals surface area contributed by atoms with Crippen molar-refractivity contribution in [3.63, 3.8) is 0 Å². The minimum atomic E-state index is -0.474. The first-order chi connectivity index (χ1) is 20.8. The standard InChI is InChI=1S/C31H22Cl2N4O3S3/c32-20-11-12-24(25(33)14-20)27-17-43-31(36-27)37-28(38)18-42-22-9-4-8-21(15-22)34-30(40)26(16-23-10-5-13-41-23)35-29(39)19-6-2-1-3-7-19/h1-17H,18H2,(H,34,40)(H,35,39)(H,36,37,38)/b26-16-. The molecule has 0 spiro atoms. The summed E-state index contributed by atoms with van der Waals surface area (Å²) in [5.74, 6) is -0.965. The van der Waals surface area contributed by atoms with Crippen LogP contribution in [0.2, 0.25) is 10.0 Å². The molecule has 0 radical (unpaired) electrons. The molecule has 2 aromatic heterocycles. The van der Waals surface area contributed by atoms with Gasteiger partial charge in [0.1, 0.15) is 5.70 Å². The average molecular weight is 666 g/mol. The van der Waals surface area contributed by atoms with Crippen molar-refractivity contribution in [3.8, 4) is 11.3 Å². The molecule has 43 heavy (non-hydrogen) atoms. The number of hydrogen-bond acceptors (Lipinski definition) is 7. The van der Waals surface area contributed by atoms with Crippen molar-refractivity contribution in [3.05, 3.63) is 122 Å². The Labute approximate surface area is 270 Å². The van der Waals surface area contributed by atoms with Crippen LogP contribution in [0.15, 0.2) is 106 Å². The van der Waals surface area contributed by atoms with Crippen molar-refractivity contribution in [2.75, 3.05) is 16.4 Å². The van der Waals surface area contributed by atoms with Gasteiger partial charge in [0, 0.05) is 37.0 Å². The van der Waals surface area contributed by atoms with E-state index in [1.165, 1.54) is 34.4 Å². The van der Waals surface area contributed by atoms with Crippen LogP contribution in [0.3, 0.4) is 0 Å². The Kier molecular flexibility index (Phi) is 10.3. The Balaban J connectivity index is 1.20. The zero-order valence-corrected chi connectivity index (χ0v) is 26.1. The van der Waals surface area contributed by atoms with Crippen molar-refractivity contribution in [1.82, 2.24) is 10.3 Å². The highest BCUT2D eigenvalue weighted by molar-refractivity contribution is 8.00. The van der Waals surface area contributed by atoms with Gasteiger partial charge in [-0.2, -0.15) is 0 Å². The summed E-state index contributed by atoms with van der Waals surface area (Å²) in [5, 5.41) is 13.5. The van der Waals surface area contributed by atoms with E-state index in [-0.39, 0.29) is 17.4 Å². The van der Waals surface area contributed by atoms with Crippen molar-refractivity contribution in [2.24, 2.45) is 0 Å². The number of anilines is 2. The molecule has 3 amide bonds. The van der Waals surface area contributed by atoms with Crippen molar-refractivity contribution in [2.45, 2.75) is 4.90 Å². The normalized spacial score (nSPS) is 11.2. The lowest BCUT2D eigenvalue weighted by molar-refractivity contribution is -0.114. The van der Waals surface area contributed by atoms with Crippen LogP contribution in [0.1, 0.15) is 15.2 Å². The van der Waals surface area contributed by atoms with E-state index < -0.39 is 11.8 Å². The molecular weight excluding hydrogens is 643 g/mol. The molecule has 0 saturated carbocycles. The molecule has 0 aliphatic carbocycles. The minimum absolute atomic E-state index is 0.108. The number of nitrogens with zero attached hydrogens (tertiary/aromatic N) is 1. The van der Waals surface area contributed by atoms with E-state index in [0.717, 1.165) is 15.3 Å². The van der Waals surface area contributed by atoms with Crippen LogP contribution in [0.25, 0.3) is 17.3 Å². The lowest BCUT2D eigenvalue weighted by Crippen LogP contribution is -2.30. The van der Waals surface area contributed by atoms with Crippen LogP contribution in [0, 0.1) is 0 Å². The number of aromatic nitrogens is 1.